The molecule has 0 heterocycles. The lowest BCUT2D eigenvalue weighted by molar-refractivity contribution is -0.0115. The van der Waals surface area contributed by atoms with E-state index in [2.05, 4.69) is 11.9 Å². The molecular formula is C8H15NO2. The minimum absolute atomic E-state index is 0.648. The number of carbonyl (C=O) groups excluding carboxylic acids is 1. The molecule has 0 bridgehead atoms. The van der Waals surface area contributed by atoms with Crippen LogP contribution in [0.25, 0.3) is 0 Å². The van der Waals surface area contributed by atoms with Crippen LogP contribution in [0.2, 0.25) is 0 Å². The number of aliphatic imine (C=N–C) groups is 1. The Kier molecular flexibility index (Phi) is 4.75. The molecule has 0 rings (SSSR count). The molecular weight excluding hydrogens is 142 g/mol. The topological polar surface area (TPSA) is 38.7 Å². The van der Waals surface area contributed by atoms with Crippen molar-refractivity contribution in [1.82, 2.24) is 0 Å². The van der Waals surface area contributed by atoms with Crippen LogP contribution in [0.15, 0.2) is 4.99 Å². The molecule has 64 valence electrons. The normalized spacial score (nSPS) is 10.8. The fourth-order valence-corrected chi connectivity index (χ4v) is 0.608. The maximum absolute atomic E-state index is 9.88. The van der Waals surface area contributed by atoms with Crippen LogP contribution in [-0.4, -0.2) is 18.4 Å². The Balaban J connectivity index is 3.63. The molecule has 0 aliphatic rings. The summed E-state index contributed by atoms with van der Waals surface area (Å²) < 4.78 is 5.28. The highest BCUT2D eigenvalue weighted by Crippen LogP contribution is 2.10. The minimum Gasteiger partial charge on any atom is -0.354 e. The fraction of sp³-hybridized carbons (Fsp3) is 0.875. The van der Waals surface area contributed by atoms with E-state index < -0.39 is 5.72 Å². The Morgan fingerprint density at radius 2 is 2.18 bits per heavy atom. The van der Waals surface area contributed by atoms with Crippen molar-refractivity contribution in [3.63, 3.8) is 0 Å². The van der Waals surface area contributed by atoms with Gasteiger partial charge in [0.25, 0.3) is 0 Å². The van der Waals surface area contributed by atoms with Gasteiger partial charge in [-0.25, -0.2) is 4.79 Å². The molecule has 11 heavy (non-hydrogen) atoms. The van der Waals surface area contributed by atoms with Crippen molar-refractivity contribution in [3.8, 4) is 0 Å². The second-order valence-electron chi connectivity index (χ2n) is 2.85. The average molecular weight is 157 g/mol. The Morgan fingerprint density at radius 1 is 1.55 bits per heavy atom. The first kappa shape index (κ1) is 10.3. The third kappa shape index (κ3) is 5.77. The number of rotatable bonds is 5. The lowest BCUT2D eigenvalue weighted by Crippen LogP contribution is -2.21. The third-order valence-electron chi connectivity index (χ3n) is 1.27. The van der Waals surface area contributed by atoms with Crippen molar-refractivity contribution in [3.05, 3.63) is 0 Å². The Labute approximate surface area is 67.5 Å². The van der Waals surface area contributed by atoms with Crippen LogP contribution in [0.1, 0.15) is 33.6 Å². The standard InChI is InChI=1S/C8H15NO2/c1-4-5-6-11-8(2,3)9-7-10/h4-6H2,1-3H3. The summed E-state index contributed by atoms with van der Waals surface area (Å²) in [7, 11) is 0. The summed E-state index contributed by atoms with van der Waals surface area (Å²) in [6, 6.07) is 0. The van der Waals surface area contributed by atoms with Crippen LogP contribution in [-0.2, 0) is 9.53 Å². The van der Waals surface area contributed by atoms with Crippen LogP contribution in [0.3, 0.4) is 0 Å². The highest BCUT2D eigenvalue weighted by Gasteiger charge is 2.14. The highest BCUT2D eigenvalue weighted by atomic mass is 16.5. The van der Waals surface area contributed by atoms with Gasteiger partial charge in [0, 0.05) is 6.61 Å². The van der Waals surface area contributed by atoms with Crippen LogP contribution in [0, 0.1) is 0 Å². The van der Waals surface area contributed by atoms with Gasteiger partial charge in [0.1, 0.15) is 0 Å². The number of ether oxygens (including phenoxy) is 1. The van der Waals surface area contributed by atoms with Crippen molar-refractivity contribution in [2.45, 2.75) is 39.3 Å². The maximum atomic E-state index is 9.88. The molecule has 0 N–H and O–H groups in total. The van der Waals surface area contributed by atoms with Gasteiger partial charge in [0.05, 0.1) is 0 Å². The van der Waals surface area contributed by atoms with E-state index in [1.807, 2.05) is 0 Å². The lowest BCUT2D eigenvalue weighted by Gasteiger charge is -2.17. The quantitative estimate of drug-likeness (QED) is 0.347. The largest absolute Gasteiger partial charge is 0.354 e. The van der Waals surface area contributed by atoms with E-state index in [1.165, 1.54) is 6.08 Å². The zero-order chi connectivity index (χ0) is 8.74. The maximum Gasteiger partial charge on any atom is 0.237 e. The molecule has 0 spiro atoms. The predicted octanol–water partition coefficient (Wildman–Crippen LogP) is 1.88. The van der Waals surface area contributed by atoms with Gasteiger partial charge in [-0.3, -0.25) is 0 Å². The molecule has 0 saturated carbocycles. The van der Waals surface area contributed by atoms with Crippen molar-refractivity contribution in [2.24, 2.45) is 4.99 Å². The highest BCUT2D eigenvalue weighted by molar-refractivity contribution is 5.33. The Bertz CT molecular complexity index is 148. The molecule has 0 atom stereocenters. The number of unbranched alkanes of at least 4 members (excludes halogenated alkanes) is 1. The van der Waals surface area contributed by atoms with Gasteiger partial charge >= 0.3 is 0 Å². The average Bonchev–Trinajstić information content (AvgIpc) is 1.87. The summed E-state index contributed by atoms with van der Waals surface area (Å²) in [5.74, 6) is 0. The van der Waals surface area contributed by atoms with Crippen LogP contribution < -0.4 is 0 Å². The number of isocyanates is 1. The summed E-state index contributed by atoms with van der Waals surface area (Å²) in [6.45, 7) is 6.22. The van der Waals surface area contributed by atoms with E-state index >= 15 is 0 Å². The van der Waals surface area contributed by atoms with Gasteiger partial charge in [-0.15, -0.1) is 0 Å². The second kappa shape index (κ2) is 5.05. The molecule has 0 aliphatic heterocycles. The molecule has 3 heteroatoms. The molecule has 0 unspecified atom stereocenters. The molecule has 0 amide bonds. The van der Waals surface area contributed by atoms with E-state index in [0.717, 1.165) is 12.8 Å². The van der Waals surface area contributed by atoms with Gasteiger partial charge in [-0.2, -0.15) is 4.99 Å². The lowest BCUT2D eigenvalue weighted by atomic mass is 10.3. The van der Waals surface area contributed by atoms with Crippen LogP contribution in [0.5, 0.6) is 0 Å². The summed E-state index contributed by atoms with van der Waals surface area (Å²) in [6.07, 6.45) is 3.57. The molecule has 3 nitrogen and oxygen atoms in total. The minimum atomic E-state index is -0.698. The number of nitrogens with zero attached hydrogens (tertiary/aromatic N) is 1. The zero-order valence-electron chi connectivity index (χ0n) is 7.39. The smallest absolute Gasteiger partial charge is 0.237 e. The van der Waals surface area contributed by atoms with Crippen molar-refractivity contribution in [1.29, 1.82) is 0 Å². The van der Waals surface area contributed by atoms with Gasteiger partial charge in [-0.1, -0.05) is 13.3 Å². The molecule has 0 aromatic heterocycles. The fourth-order valence-electron chi connectivity index (χ4n) is 0.608. The summed E-state index contributed by atoms with van der Waals surface area (Å²) in [4.78, 5) is 13.4. The van der Waals surface area contributed by atoms with Gasteiger partial charge in [0.2, 0.25) is 6.08 Å². The van der Waals surface area contributed by atoms with Gasteiger partial charge in [-0.05, 0) is 20.3 Å². The van der Waals surface area contributed by atoms with E-state index in [4.69, 9.17) is 4.74 Å². The van der Waals surface area contributed by atoms with Crippen LogP contribution >= 0.6 is 0 Å². The molecule has 0 aromatic rings. The van der Waals surface area contributed by atoms with Gasteiger partial charge in [0.15, 0.2) is 5.72 Å². The Hall–Kier alpha value is -0.660. The van der Waals surface area contributed by atoms with Gasteiger partial charge < -0.3 is 4.74 Å². The predicted molar refractivity (Wildman–Crippen MR) is 43.1 cm³/mol. The SMILES string of the molecule is CCCCOC(C)(C)N=C=O. The first-order valence-corrected chi connectivity index (χ1v) is 3.85. The molecule has 0 saturated heterocycles. The molecule has 0 radical (unpaired) electrons. The van der Waals surface area contributed by atoms with Crippen LogP contribution in [0.4, 0.5) is 0 Å². The molecule has 0 aliphatic carbocycles. The second-order valence-corrected chi connectivity index (χ2v) is 2.85. The van der Waals surface area contributed by atoms with E-state index in [9.17, 15) is 4.79 Å². The molecule has 0 fully saturated rings. The monoisotopic (exact) mass is 157 g/mol. The zero-order valence-corrected chi connectivity index (χ0v) is 7.39. The Morgan fingerprint density at radius 3 is 2.64 bits per heavy atom. The van der Waals surface area contributed by atoms with Crippen molar-refractivity contribution in [2.75, 3.05) is 6.61 Å². The number of hydrogen-bond donors (Lipinski definition) is 0. The summed E-state index contributed by atoms with van der Waals surface area (Å²) in [5, 5.41) is 0. The third-order valence-corrected chi connectivity index (χ3v) is 1.27. The van der Waals surface area contributed by atoms with Crippen molar-refractivity contribution < 1.29 is 9.53 Å². The van der Waals surface area contributed by atoms with E-state index in [0.29, 0.717) is 6.61 Å². The van der Waals surface area contributed by atoms with E-state index in [1.54, 1.807) is 13.8 Å². The first-order chi connectivity index (χ1) is 5.12. The molecule has 0 aromatic carbocycles. The first-order valence-electron chi connectivity index (χ1n) is 3.85. The summed E-state index contributed by atoms with van der Waals surface area (Å²) >= 11 is 0. The summed E-state index contributed by atoms with van der Waals surface area (Å²) in [5.41, 5.74) is -0.698. The van der Waals surface area contributed by atoms with E-state index in [-0.39, 0.29) is 0 Å². The van der Waals surface area contributed by atoms with Crippen molar-refractivity contribution >= 4 is 6.08 Å². The number of hydrogen-bond acceptors (Lipinski definition) is 3.